The van der Waals surface area contributed by atoms with E-state index in [1.165, 1.54) is 17.7 Å². The average Bonchev–Trinajstić information content (AvgIpc) is 3.40. The van der Waals surface area contributed by atoms with Gasteiger partial charge in [0.1, 0.15) is 0 Å². The number of carbonyl (C=O) groups excluding carboxylic acids is 1. The molecule has 1 unspecified atom stereocenters. The molecule has 6 heteroatoms. The molecule has 1 aromatic carbocycles. The van der Waals surface area contributed by atoms with Crippen molar-refractivity contribution in [2.24, 2.45) is 5.92 Å². The third-order valence-corrected chi connectivity index (χ3v) is 6.82. The zero-order valence-electron chi connectivity index (χ0n) is 17.0. The molecular weight excluding hydrogens is 380 g/mol. The summed E-state index contributed by atoms with van der Waals surface area (Å²) in [4.78, 5) is 16.8. The lowest BCUT2D eigenvalue weighted by Gasteiger charge is -2.36. The van der Waals surface area contributed by atoms with Crippen LogP contribution in [0.25, 0.3) is 5.69 Å². The summed E-state index contributed by atoms with van der Waals surface area (Å²) >= 11 is 1.77. The molecule has 0 spiro atoms. The second-order valence-electron chi connectivity index (χ2n) is 7.85. The van der Waals surface area contributed by atoms with Gasteiger partial charge in [-0.25, -0.2) is 4.68 Å². The minimum absolute atomic E-state index is 0.0587. The zero-order valence-corrected chi connectivity index (χ0v) is 17.9. The number of nitrogens with zero attached hydrogens (tertiary/aromatic N) is 3. The van der Waals surface area contributed by atoms with Gasteiger partial charge in [-0.2, -0.15) is 5.10 Å². The van der Waals surface area contributed by atoms with E-state index in [9.17, 15) is 4.79 Å². The number of piperidine rings is 1. The van der Waals surface area contributed by atoms with E-state index in [1.807, 2.05) is 41.9 Å². The third kappa shape index (κ3) is 4.43. The molecule has 5 nitrogen and oxygen atoms in total. The van der Waals surface area contributed by atoms with Crippen LogP contribution in [0.2, 0.25) is 0 Å². The molecule has 4 rings (SSSR count). The summed E-state index contributed by atoms with van der Waals surface area (Å²) in [5, 5.41) is 9.72. The van der Waals surface area contributed by atoms with Crippen LogP contribution >= 0.6 is 11.3 Å². The van der Waals surface area contributed by atoms with Crippen LogP contribution in [-0.4, -0.2) is 40.2 Å². The summed E-state index contributed by atoms with van der Waals surface area (Å²) in [6.45, 7) is 7.06. The summed E-state index contributed by atoms with van der Waals surface area (Å²) in [6.07, 6.45) is 4.11. The first-order valence-corrected chi connectivity index (χ1v) is 11.2. The number of thiophene rings is 1. The number of benzene rings is 1. The lowest BCUT2D eigenvalue weighted by atomic mass is 9.97. The quantitative estimate of drug-likeness (QED) is 0.656. The molecule has 1 atom stereocenters. The van der Waals surface area contributed by atoms with Gasteiger partial charge >= 0.3 is 0 Å². The fourth-order valence-corrected chi connectivity index (χ4v) is 4.84. The van der Waals surface area contributed by atoms with Crippen molar-refractivity contribution in [2.45, 2.75) is 32.7 Å². The first-order chi connectivity index (χ1) is 14.1. The average molecular weight is 409 g/mol. The Bertz CT molecular complexity index is 927. The van der Waals surface area contributed by atoms with Crippen molar-refractivity contribution < 1.29 is 4.79 Å². The maximum atomic E-state index is 12.9. The first-order valence-electron chi connectivity index (χ1n) is 10.3. The van der Waals surface area contributed by atoms with E-state index in [0.717, 1.165) is 30.4 Å². The molecule has 3 heterocycles. The first kappa shape index (κ1) is 19.9. The van der Waals surface area contributed by atoms with E-state index in [4.69, 9.17) is 0 Å². The standard InChI is InChI=1S/C23H28N4OS/c1-17-10-12-26(13-11-17)21(22-9-6-14-29-22)16-24-23(28)20-15-25-27(18(20)2)19-7-4-3-5-8-19/h3-9,14-15,17,21H,10-13,16H2,1-2H3,(H,24,28). The lowest BCUT2D eigenvalue weighted by Crippen LogP contribution is -2.41. The van der Waals surface area contributed by atoms with Crippen LogP contribution in [0, 0.1) is 12.8 Å². The Morgan fingerprint density at radius 1 is 1.21 bits per heavy atom. The minimum Gasteiger partial charge on any atom is -0.350 e. The fraction of sp³-hybridized carbons (Fsp3) is 0.391. The number of rotatable bonds is 6. The van der Waals surface area contributed by atoms with Crippen LogP contribution in [0.3, 0.4) is 0 Å². The Kier molecular flexibility index (Phi) is 6.11. The molecule has 1 amide bonds. The lowest BCUT2D eigenvalue weighted by molar-refractivity contribution is 0.0914. The van der Waals surface area contributed by atoms with E-state index >= 15 is 0 Å². The Hall–Kier alpha value is -2.44. The molecule has 3 aromatic rings. The van der Waals surface area contributed by atoms with Gasteiger partial charge in [0, 0.05) is 11.4 Å². The molecule has 0 radical (unpaired) electrons. The van der Waals surface area contributed by atoms with Gasteiger partial charge in [0.2, 0.25) is 0 Å². The summed E-state index contributed by atoms with van der Waals surface area (Å²) in [7, 11) is 0. The highest BCUT2D eigenvalue weighted by atomic mass is 32.1. The van der Waals surface area contributed by atoms with Crippen LogP contribution < -0.4 is 5.32 Å². The molecule has 1 aliphatic heterocycles. The van der Waals surface area contributed by atoms with Gasteiger partial charge in [-0.1, -0.05) is 31.2 Å². The molecule has 0 aliphatic carbocycles. The van der Waals surface area contributed by atoms with Gasteiger partial charge < -0.3 is 5.32 Å². The van der Waals surface area contributed by atoms with Crippen molar-refractivity contribution >= 4 is 17.2 Å². The highest BCUT2D eigenvalue weighted by Crippen LogP contribution is 2.29. The van der Waals surface area contributed by atoms with Gasteiger partial charge in [0.15, 0.2) is 0 Å². The summed E-state index contributed by atoms with van der Waals surface area (Å²) in [5.41, 5.74) is 2.45. The highest BCUT2D eigenvalue weighted by molar-refractivity contribution is 7.10. The number of amides is 1. The number of nitrogens with one attached hydrogen (secondary N) is 1. The predicted molar refractivity (Wildman–Crippen MR) is 118 cm³/mol. The predicted octanol–water partition coefficient (Wildman–Crippen LogP) is 4.45. The van der Waals surface area contributed by atoms with E-state index < -0.39 is 0 Å². The largest absolute Gasteiger partial charge is 0.350 e. The Morgan fingerprint density at radius 2 is 1.97 bits per heavy atom. The molecular formula is C23H28N4OS. The maximum Gasteiger partial charge on any atom is 0.254 e. The van der Waals surface area contributed by atoms with Gasteiger partial charge in [0.25, 0.3) is 5.91 Å². The van der Waals surface area contributed by atoms with Gasteiger partial charge in [-0.15, -0.1) is 11.3 Å². The normalized spacial score (nSPS) is 16.6. The van der Waals surface area contributed by atoms with Crippen LogP contribution in [-0.2, 0) is 0 Å². The number of aromatic nitrogens is 2. The number of para-hydroxylation sites is 1. The molecule has 29 heavy (non-hydrogen) atoms. The summed E-state index contributed by atoms with van der Waals surface area (Å²) in [6, 6.07) is 14.4. The fourth-order valence-electron chi connectivity index (χ4n) is 3.98. The zero-order chi connectivity index (χ0) is 20.2. The minimum atomic E-state index is -0.0587. The molecule has 1 N–H and O–H groups in total. The van der Waals surface area contributed by atoms with Crippen molar-refractivity contribution in [3.8, 4) is 5.69 Å². The summed E-state index contributed by atoms with van der Waals surface area (Å²) < 4.78 is 1.82. The molecule has 0 saturated carbocycles. The van der Waals surface area contributed by atoms with Crippen LogP contribution in [0.5, 0.6) is 0 Å². The van der Waals surface area contributed by atoms with Crippen molar-refractivity contribution in [3.05, 3.63) is 70.2 Å². The second kappa shape index (κ2) is 8.93. The van der Waals surface area contributed by atoms with Crippen molar-refractivity contribution in [3.63, 3.8) is 0 Å². The van der Waals surface area contributed by atoms with Crippen molar-refractivity contribution in [1.82, 2.24) is 20.0 Å². The van der Waals surface area contributed by atoms with Gasteiger partial charge in [-0.3, -0.25) is 9.69 Å². The van der Waals surface area contributed by atoms with E-state index in [0.29, 0.717) is 12.1 Å². The smallest absolute Gasteiger partial charge is 0.254 e. The molecule has 2 aromatic heterocycles. The summed E-state index contributed by atoms with van der Waals surface area (Å²) in [5.74, 6) is 0.730. The molecule has 0 bridgehead atoms. The Morgan fingerprint density at radius 3 is 2.66 bits per heavy atom. The van der Waals surface area contributed by atoms with Crippen LogP contribution in [0.4, 0.5) is 0 Å². The van der Waals surface area contributed by atoms with E-state index in [1.54, 1.807) is 17.5 Å². The third-order valence-electron chi connectivity index (χ3n) is 5.84. The topological polar surface area (TPSA) is 50.2 Å². The number of hydrogen-bond acceptors (Lipinski definition) is 4. The van der Waals surface area contributed by atoms with Gasteiger partial charge in [-0.05, 0) is 62.4 Å². The monoisotopic (exact) mass is 408 g/mol. The number of likely N-dealkylation sites (tertiary alicyclic amines) is 1. The molecule has 1 saturated heterocycles. The van der Waals surface area contributed by atoms with E-state index in [2.05, 4.69) is 39.8 Å². The molecule has 1 fully saturated rings. The van der Waals surface area contributed by atoms with Crippen molar-refractivity contribution in [1.29, 1.82) is 0 Å². The maximum absolute atomic E-state index is 12.9. The SMILES string of the molecule is Cc1c(C(=O)NCC(c2cccs2)N2CCC(C)CC2)cnn1-c1ccccc1. The molecule has 1 aliphatic rings. The number of hydrogen-bond donors (Lipinski definition) is 1. The van der Waals surface area contributed by atoms with Gasteiger partial charge in [0.05, 0.1) is 29.2 Å². The number of carbonyl (C=O) groups is 1. The Labute approximate surface area is 176 Å². The molecule has 152 valence electrons. The van der Waals surface area contributed by atoms with Crippen molar-refractivity contribution in [2.75, 3.05) is 19.6 Å². The van der Waals surface area contributed by atoms with Crippen LogP contribution in [0.15, 0.2) is 54.0 Å². The van der Waals surface area contributed by atoms with E-state index in [-0.39, 0.29) is 11.9 Å². The highest BCUT2D eigenvalue weighted by Gasteiger charge is 2.26. The Balaban J connectivity index is 1.47. The van der Waals surface area contributed by atoms with Crippen LogP contribution in [0.1, 0.15) is 46.7 Å². The second-order valence-corrected chi connectivity index (χ2v) is 8.83.